The first-order chi connectivity index (χ1) is 14.2. The average Bonchev–Trinajstić information content (AvgIpc) is 2.72. The first kappa shape index (κ1) is 24.4. The minimum absolute atomic E-state index is 0.173. The van der Waals surface area contributed by atoms with Gasteiger partial charge in [0.25, 0.3) is 5.91 Å². The minimum Gasteiger partial charge on any atom is -0.481 e. The Morgan fingerprint density at radius 3 is 2.47 bits per heavy atom. The summed E-state index contributed by atoms with van der Waals surface area (Å²) in [5.74, 6) is 1.89. The van der Waals surface area contributed by atoms with E-state index in [1.807, 2.05) is 31.2 Å². The molecule has 9 heteroatoms. The van der Waals surface area contributed by atoms with Crippen molar-refractivity contribution in [3.8, 4) is 5.75 Å². The lowest BCUT2D eigenvalue weighted by molar-refractivity contribution is -0.127. The van der Waals surface area contributed by atoms with Crippen LogP contribution in [0.1, 0.15) is 18.9 Å². The molecule has 0 saturated carbocycles. The van der Waals surface area contributed by atoms with Gasteiger partial charge in [0.15, 0.2) is 6.10 Å². The van der Waals surface area contributed by atoms with Crippen molar-refractivity contribution in [3.63, 3.8) is 0 Å². The number of amides is 1. The van der Waals surface area contributed by atoms with Gasteiger partial charge in [0.1, 0.15) is 5.75 Å². The van der Waals surface area contributed by atoms with Crippen LogP contribution in [0.25, 0.3) is 0 Å². The van der Waals surface area contributed by atoms with Crippen LogP contribution in [0.2, 0.25) is 5.02 Å². The first-order valence-electron chi connectivity index (χ1n) is 9.52. The standard InChI is InChI=1S/C21H27ClN2O4S2/c1-4-20(28-18-11-9-17(10-12-18)24(2)30(3,26)27)21(25)23-13-14-29-15-16-7-5-6-8-19(16)22/h5-12,20H,4,13-15H2,1-3H3,(H,23,25)/t20-/m1/s1. The van der Waals surface area contributed by atoms with E-state index in [0.717, 1.165) is 28.3 Å². The summed E-state index contributed by atoms with van der Waals surface area (Å²) in [6.07, 6.45) is 1.04. The van der Waals surface area contributed by atoms with E-state index in [1.165, 1.54) is 11.4 Å². The second-order valence-corrected chi connectivity index (χ2v) is 10.2. The van der Waals surface area contributed by atoms with Crippen LogP contribution in [-0.2, 0) is 20.6 Å². The van der Waals surface area contributed by atoms with Crippen molar-refractivity contribution < 1.29 is 17.9 Å². The molecule has 1 amide bonds. The molecule has 2 rings (SSSR count). The smallest absolute Gasteiger partial charge is 0.261 e. The Morgan fingerprint density at radius 1 is 1.20 bits per heavy atom. The van der Waals surface area contributed by atoms with E-state index in [0.29, 0.717) is 24.4 Å². The molecule has 6 nitrogen and oxygen atoms in total. The molecule has 0 aliphatic heterocycles. The van der Waals surface area contributed by atoms with Crippen molar-refractivity contribution in [2.75, 3.05) is 29.9 Å². The molecular weight excluding hydrogens is 444 g/mol. The lowest BCUT2D eigenvalue weighted by Gasteiger charge is -2.19. The SMILES string of the molecule is CC[C@@H](Oc1ccc(N(C)S(C)(=O)=O)cc1)C(=O)NCCSCc1ccccc1Cl. The largest absolute Gasteiger partial charge is 0.481 e. The summed E-state index contributed by atoms with van der Waals surface area (Å²) in [6.45, 7) is 2.41. The number of nitrogens with one attached hydrogen (secondary N) is 1. The molecule has 0 aliphatic carbocycles. The molecule has 30 heavy (non-hydrogen) atoms. The van der Waals surface area contributed by atoms with Crippen molar-refractivity contribution >= 4 is 45.0 Å². The molecule has 164 valence electrons. The fraction of sp³-hybridized carbons (Fsp3) is 0.381. The topological polar surface area (TPSA) is 75.7 Å². The lowest BCUT2D eigenvalue weighted by atomic mass is 10.2. The third-order valence-corrected chi connectivity index (χ3v) is 6.98. The lowest BCUT2D eigenvalue weighted by Crippen LogP contribution is -2.39. The van der Waals surface area contributed by atoms with Crippen LogP contribution in [0.5, 0.6) is 5.75 Å². The number of ether oxygens (including phenoxy) is 1. The predicted molar refractivity (Wildman–Crippen MR) is 125 cm³/mol. The molecule has 0 heterocycles. The van der Waals surface area contributed by atoms with Gasteiger partial charge in [-0.3, -0.25) is 9.10 Å². The predicted octanol–water partition coefficient (Wildman–Crippen LogP) is 3.94. The Bertz CT molecular complexity index is 936. The maximum absolute atomic E-state index is 12.4. The molecular formula is C21H27ClN2O4S2. The quantitative estimate of drug-likeness (QED) is 0.503. The zero-order valence-electron chi connectivity index (χ0n) is 17.3. The zero-order valence-corrected chi connectivity index (χ0v) is 19.7. The number of benzene rings is 2. The number of thioether (sulfide) groups is 1. The number of hydrogen-bond acceptors (Lipinski definition) is 5. The highest BCUT2D eigenvalue weighted by Crippen LogP contribution is 2.22. The van der Waals surface area contributed by atoms with Crippen LogP contribution in [0, 0.1) is 0 Å². The molecule has 2 aromatic rings. The van der Waals surface area contributed by atoms with Crippen molar-refractivity contribution in [3.05, 3.63) is 59.1 Å². The highest BCUT2D eigenvalue weighted by molar-refractivity contribution is 7.98. The second-order valence-electron chi connectivity index (χ2n) is 6.67. The monoisotopic (exact) mass is 470 g/mol. The minimum atomic E-state index is -3.33. The van der Waals surface area contributed by atoms with Gasteiger partial charge in [0, 0.05) is 30.1 Å². The molecule has 0 unspecified atom stereocenters. The number of rotatable bonds is 11. The van der Waals surface area contributed by atoms with E-state index >= 15 is 0 Å². The Morgan fingerprint density at radius 2 is 1.87 bits per heavy atom. The highest BCUT2D eigenvalue weighted by Gasteiger charge is 2.18. The summed E-state index contributed by atoms with van der Waals surface area (Å²) in [4.78, 5) is 12.4. The molecule has 0 aromatic heterocycles. The van der Waals surface area contributed by atoms with Crippen molar-refractivity contribution in [1.29, 1.82) is 0 Å². The third kappa shape index (κ3) is 7.41. The van der Waals surface area contributed by atoms with Crippen LogP contribution < -0.4 is 14.4 Å². The molecule has 0 fully saturated rings. The van der Waals surface area contributed by atoms with Gasteiger partial charge in [-0.15, -0.1) is 0 Å². The number of carbonyl (C=O) groups excluding carboxylic acids is 1. The fourth-order valence-corrected chi connectivity index (χ4v) is 4.22. The first-order valence-corrected chi connectivity index (χ1v) is 12.9. The number of halogens is 1. The van der Waals surface area contributed by atoms with E-state index < -0.39 is 16.1 Å². The Kier molecular flexibility index (Phi) is 9.33. The second kappa shape index (κ2) is 11.5. The van der Waals surface area contributed by atoms with Gasteiger partial charge in [-0.2, -0.15) is 11.8 Å². The van der Waals surface area contributed by atoms with Gasteiger partial charge >= 0.3 is 0 Å². The van der Waals surface area contributed by atoms with Gasteiger partial charge < -0.3 is 10.1 Å². The Labute approximate surface area is 188 Å². The number of carbonyl (C=O) groups is 1. The van der Waals surface area contributed by atoms with E-state index in [9.17, 15) is 13.2 Å². The number of sulfonamides is 1. The van der Waals surface area contributed by atoms with Crippen LogP contribution in [0.15, 0.2) is 48.5 Å². The number of hydrogen-bond donors (Lipinski definition) is 1. The van der Waals surface area contributed by atoms with E-state index in [1.54, 1.807) is 36.0 Å². The maximum Gasteiger partial charge on any atom is 0.261 e. The molecule has 0 saturated heterocycles. The molecule has 2 aromatic carbocycles. The van der Waals surface area contributed by atoms with Crippen molar-refractivity contribution in [2.45, 2.75) is 25.2 Å². The van der Waals surface area contributed by atoms with E-state index in [2.05, 4.69) is 5.32 Å². The maximum atomic E-state index is 12.4. The summed E-state index contributed by atoms with van der Waals surface area (Å²) in [5.41, 5.74) is 1.60. The van der Waals surface area contributed by atoms with Crippen LogP contribution in [0.3, 0.4) is 0 Å². The van der Waals surface area contributed by atoms with Gasteiger partial charge in [-0.05, 0) is 42.3 Å². The summed E-state index contributed by atoms with van der Waals surface area (Å²) in [7, 11) is -1.84. The summed E-state index contributed by atoms with van der Waals surface area (Å²) in [6, 6.07) is 14.3. The summed E-state index contributed by atoms with van der Waals surface area (Å²) in [5, 5.41) is 3.65. The third-order valence-electron chi connectivity index (χ3n) is 4.40. The Hall–Kier alpha value is -1.90. The fourth-order valence-electron chi connectivity index (χ4n) is 2.57. The molecule has 0 bridgehead atoms. The normalized spacial score (nSPS) is 12.3. The van der Waals surface area contributed by atoms with Gasteiger partial charge in [0.2, 0.25) is 10.0 Å². The zero-order chi connectivity index (χ0) is 22.1. The average molecular weight is 471 g/mol. The van der Waals surface area contributed by atoms with Crippen LogP contribution in [0.4, 0.5) is 5.69 Å². The Balaban J connectivity index is 1.79. The van der Waals surface area contributed by atoms with Crippen molar-refractivity contribution in [2.24, 2.45) is 0 Å². The van der Waals surface area contributed by atoms with Crippen molar-refractivity contribution in [1.82, 2.24) is 5.32 Å². The molecule has 0 radical (unpaired) electrons. The highest BCUT2D eigenvalue weighted by atomic mass is 35.5. The number of nitrogens with zero attached hydrogens (tertiary/aromatic N) is 1. The molecule has 0 spiro atoms. The molecule has 0 aliphatic rings. The molecule has 1 N–H and O–H groups in total. The van der Waals surface area contributed by atoms with Gasteiger partial charge in [0.05, 0.1) is 11.9 Å². The van der Waals surface area contributed by atoms with Crippen LogP contribution in [-0.4, -0.2) is 46.0 Å². The van der Waals surface area contributed by atoms with E-state index in [-0.39, 0.29) is 5.91 Å². The number of anilines is 1. The summed E-state index contributed by atoms with van der Waals surface area (Å²) >= 11 is 7.84. The molecule has 1 atom stereocenters. The van der Waals surface area contributed by atoms with Gasteiger partial charge in [-0.1, -0.05) is 36.7 Å². The summed E-state index contributed by atoms with van der Waals surface area (Å²) < 4.78 is 30.2. The van der Waals surface area contributed by atoms with E-state index in [4.69, 9.17) is 16.3 Å². The van der Waals surface area contributed by atoms with Gasteiger partial charge in [-0.25, -0.2) is 8.42 Å². The van der Waals surface area contributed by atoms with Crippen LogP contribution >= 0.6 is 23.4 Å².